The van der Waals surface area contributed by atoms with E-state index in [0.717, 1.165) is 12.8 Å². The quantitative estimate of drug-likeness (QED) is 0.617. The number of epoxide rings is 1. The standard InChI is InChI=1S/C16H24O5/c1-8-5-6-13-16(21-13)12(19)7-11(20-10(3)18)14(9(2)17)15(8,16)4/h8,11-14,19H,5-7H2,1-4H3. The number of ether oxygens (including phenoxy) is 2. The summed E-state index contributed by atoms with van der Waals surface area (Å²) >= 11 is 0. The molecule has 3 aliphatic rings. The Morgan fingerprint density at radius 1 is 1.29 bits per heavy atom. The van der Waals surface area contributed by atoms with Crippen LogP contribution in [0.1, 0.15) is 47.0 Å². The topological polar surface area (TPSA) is 76.1 Å². The van der Waals surface area contributed by atoms with Gasteiger partial charge in [0.2, 0.25) is 0 Å². The van der Waals surface area contributed by atoms with Gasteiger partial charge in [-0.2, -0.15) is 0 Å². The number of hydrogen-bond donors (Lipinski definition) is 1. The Balaban J connectivity index is 2.05. The lowest BCUT2D eigenvalue weighted by molar-refractivity contribution is -0.187. The van der Waals surface area contributed by atoms with E-state index in [9.17, 15) is 14.7 Å². The Labute approximate surface area is 125 Å². The Morgan fingerprint density at radius 3 is 2.52 bits per heavy atom. The van der Waals surface area contributed by atoms with Gasteiger partial charge in [0.15, 0.2) is 0 Å². The fourth-order valence-electron chi connectivity index (χ4n) is 5.17. The molecule has 0 bridgehead atoms. The minimum atomic E-state index is -0.685. The summed E-state index contributed by atoms with van der Waals surface area (Å²) in [5.74, 6) is -0.573. The molecule has 5 heteroatoms. The first-order chi connectivity index (χ1) is 9.75. The summed E-state index contributed by atoms with van der Waals surface area (Å²) < 4.78 is 11.3. The van der Waals surface area contributed by atoms with Crippen LogP contribution in [0.15, 0.2) is 0 Å². The third-order valence-corrected chi connectivity index (χ3v) is 6.21. The average Bonchev–Trinajstić information content (AvgIpc) is 3.08. The zero-order chi connectivity index (χ0) is 15.6. The van der Waals surface area contributed by atoms with Crippen molar-refractivity contribution in [3.05, 3.63) is 0 Å². The molecule has 3 rings (SSSR count). The van der Waals surface area contributed by atoms with Crippen LogP contribution in [0.2, 0.25) is 0 Å². The molecule has 0 aromatic rings. The van der Waals surface area contributed by atoms with E-state index in [-0.39, 0.29) is 24.2 Å². The number of carbonyl (C=O) groups is 2. The Morgan fingerprint density at radius 2 is 1.95 bits per heavy atom. The number of aliphatic hydroxyl groups excluding tert-OH is 1. The smallest absolute Gasteiger partial charge is 0.302 e. The lowest BCUT2D eigenvalue weighted by Gasteiger charge is -2.55. The molecule has 1 aliphatic heterocycles. The number of Topliss-reactive ketones (excluding diaryl/α,β-unsaturated/α-hetero) is 1. The van der Waals surface area contributed by atoms with Crippen molar-refractivity contribution in [2.75, 3.05) is 0 Å². The molecule has 3 fully saturated rings. The summed E-state index contributed by atoms with van der Waals surface area (Å²) in [5.41, 5.74) is -1.11. The van der Waals surface area contributed by atoms with Crippen LogP contribution in [-0.4, -0.2) is 40.8 Å². The number of carbonyl (C=O) groups excluding carboxylic acids is 2. The summed E-state index contributed by atoms with van der Waals surface area (Å²) in [6.07, 6.45) is 0.964. The Kier molecular flexibility index (Phi) is 3.23. The number of hydrogen-bond acceptors (Lipinski definition) is 5. The molecule has 0 aromatic heterocycles. The minimum absolute atomic E-state index is 0.0121. The van der Waals surface area contributed by atoms with Gasteiger partial charge in [-0.15, -0.1) is 0 Å². The van der Waals surface area contributed by atoms with E-state index in [2.05, 4.69) is 6.92 Å². The molecule has 21 heavy (non-hydrogen) atoms. The fraction of sp³-hybridized carbons (Fsp3) is 0.875. The van der Waals surface area contributed by atoms with Gasteiger partial charge in [0.1, 0.15) is 17.5 Å². The molecule has 5 nitrogen and oxygen atoms in total. The minimum Gasteiger partial charge on any atom is -0.462 e. The predicted molar refractivity (Wildman–Crippen MR) is 74.5 cm³/mol. The monoisotopic (exact) mass is 296 g/mol. The van der Waals surface area contributed by atoms with E-state index >= 15 is 0 Å². The average molecular weight is 296 g/mol. The first-order valence-electron chi connectivity index (χ1n) is 7.78. The van der Waals surface area contributed by atoms with E-state index in [1.807, 2.05) is 6.92 Å². The number of rotatable bonds is 2. The third-order valence-electron chi connectivity index (χ3n) is 6.21. The van der Waals surface area contributed by atoms with Gasteiger partial charge in [-0.3, -0.25) is 9.59 Å². The molecule has 7 atom stereocenters. The maximum Gasteiger partial charge on any atom is 0.302 e. The van der Waals surface area contributed by atoms with Crippen molar-refractivity contribution in [1.29, 1.82) is 0 Å². The first-order valence-corrected chi connectivity index (χ1v) is 7.78. The van der Waals surface area contributed by atoms with Gasteiger partial charge in [-0.25, -0.2) is 0 Å². The van der Waals surface area contributed by atoms with E-state index < -0.39 is 35.1 Å². The van der Waals surface area contributed by atoms with Gasteiger partial charge in [-0.05, 0) is 25.7 Å². The normalized spacial score (nSPS) is 51.6. The van der Waals surface area contributed by atoms with Crippen molar-refractivity contribution in [3.8, 4) is 0 Å². The highest BCUT2D eigenvalue weighted by Gasteiger charge is 2.79. The largest absolute Gasteiger partial charge is 0.462 e. The van der Waals surface area contributed by atoms with E-state index in [1.54, 1.807) is 6.92 Å². The Hall–Kier alpha value is -0.940. The summed E-state index contributed by atoms with van der Waals surface area (Å²) in [5, 5.41) is 10.6. The van der Waals surface area contributed by atoms with E-state index in [4.69, 9.17) is 9.47 Å². The predicted octanol–water partition coefficient (Wildman–Crippen LogP) is 1.46. The molecule has 0 radical (unpaired) electrons. The summed E-state index contributed by atoms with van der Waals surface area (Å²) in [7, 11) is 0. The lowest BCUT2D eigenvalue weighted by atomic mass is 9.49. The Bertz CT molecular complexity index is 489. The third kappa shape index (κ3) is 1.77. The van der Waals surface area contributed by atoms with Crippen LogP contribution >= 0.6 is 0 Å². The molecule has 2 saturated carbocycles. The number of esters is 1. The molecule has 1 N–H and O–H groups in total. The summed E-state index contributed by atoms with van der Waals surface area (Å²) in [6, 6.07) is 0. The first kappa shape index (κ1) is 15.0. The van der Waals surface area contributed by atoms with Crippen molar-refractivity contribution < 1.29 is 24.2 Å². The molecule has 2 aliphatic carbocycles. The second-order valence-electron chi connectivity index (χ2n) is 7.15. The molecule has 0 amide bonds. The molecule has 0 aromatic carbocycles. The zero-order valence-electron chi connectivity index (χ0n) is 13.1. The second kappa shape index (κ2) is 4.53. The summed E-state index contributed by atoms with van der Waals surface area (Å²) in [6.45, 7) is 7.04. The molecular weight excluding hydrogens is 272 g/mol. The van der Waals surface area contributed by atoms with Crippen LogP contribution in [0.25, 0.3) is 0 Å². The van der Waals surface area contributed by atoms with Gasteiger partial charge in [0.05, 0.1) is 18.1 Å². The van der Waals surface area contributed by atoms with Gasteiger partial charge in [0, 0.05) is 18.8 Å². The van der Waals surface area contributed by atoms with Crippen molar-refractivity contribution >= 4 is 11.8 Å². The zero-order valence-corrected chi connectivity index (χ0v) is 13.1. The van der Waals surface area contributed by atoms with Gasteiger partial charge in [0.25, 0.3) is 0 Å². The SMILES string of the molecule is CC(=O)OC1CC(O)C23OC2CCC(C)C3(C)C1C(C)=O. The van der Waals surface area contributed by atoms with Crippen molar-refractivity contribution in [2.24, 2.45) is 17.3 Å². The van der Waals surface area contributed by atoms with Gasteiger partial charge < -0.3 is 14.6 Å². The van der Waals surface area contributed by atoms with Crippen LogP contribution in [0.5, 0.6) is 0 Å². The second-order valence-corrected chi connectivity index (χ2v) is 7.15. The van der Waals surface area contributed by atoms with Gasteiger partial charge in [-0.1, -0.05) is 13.8 Å². The van der Waals surface area contributed by atoms with Crippen LogP contribution in [0, 0.1) is 17.3 Å². The maximum atomic E-state index is 12.3. The highest BCUT2D eigenvalue weighted by atomic mass is 16.6. The molecule has 1 spiro atoms. The molecule has 1 heterocycles. The van der Waals surface area contributed by atoms with Crippen molar-refractivity contribution in [2.45, 2.75) is 70.9 Å². The van der Waals surface area contributed by atoms with E-state index in [0.29, 0.717) is 0 Å². The molecular formula is C16H24O5. The van der Waals surface area contributed by atoms with Crippen LogP contribution < -0.4 is 0 Å². The van der Waals surface area contributed by atoms with E-state index in [1.165, 1.54) is 6.92 Å². The molecule has 118 valence electrons. The maximum absolute atomic E-state index is 12.3. The van der Waals surface area contributed by atoms with Crippen LogP contribution in [0.4, 0.5) is 0 Å². The lowest BCUT2D eigenvalue weighted by Crippen LogP contribution is -2.65. The summed E-state index contributed by atoms with van der Waals surface area (Å²) in [4.78, 5) is 23.7. The van der Waals surface area contributed by atoms with Crippen molar-refractivity contribution in [3.63, 3.8) is 0 Å². The van der Waals surface area contributed by atoms with Gasteiger partial charge >= 0.3 is 5.97 Å². The van der Waals surface area contributed by atoms with Crippen LogP contribution in [-0.2, 0) is 19.1 Å². The fourth-order valence-corrected chi connectivity index (χ4v) is 5.17. The highest BCUT2D eigenvalue weighted by molar-refractivity contribution is 5.81. The molecule has 7 unspecified atom stereocenters. The molecule has 1 saturated heterocycles. The van der Waals surface area contributed by atoms with Crippen LogP contribution in [0.3, 0.4) is 0 Å². The number of ketones is 1. The highest BCUT2D eigenvalue weighted by Crippen LogP contribution is 2.68. The number of aliphatic hydroxyl groups is 1. The van der Waals surface area contributed by atoms with Crippen molar-refractivity contribution in [1.82, 2.24) is 0 Å².